The van der Waals surface area contributed by atoms with Crippen molar-refractivity contribution in [2.24, 2.45) is 0 Å². The largest absolute Gasteiger partial charge is 0.628 e. The molecule has 0 N–H and O–H groups in total. The van der Waals surface area contributed by atoms with Crippen LogP contribution in [0, 0.1) is 0 Å². The van der Waals surface area contributed by atoms with Crippen LogP contribution in [0.15, 0.2) is 59.1 Å². The van der Waals surface area contributed by atoms with Gasteiger partial charge in [-0.3, -0.25) is 0 Å². The van der Waals surface area contributed by atoms with E-state index in [2.05, 4.69) is 32.1 Å². The summed E-state index contributed by atoms with van der Waals surface area (Å²) in [4.78, 5) is 0. The van der Waals surface area contributed by atoms with Gasteiger partial charge in [0.2, 0.25) is 0 Å². The van der Waals surface area contributed by atoms with Crippen LogP contribution < -0.4 is 9.31 Å². The highest BCUT2D eigenvalue weighted by molar-refractivity contribution is 6.56. The van der Waals surface area contributed by atoms with Crippen molar-refractivity contribution in [1.29, 1.82) is 0 Å². The van der Waals surface area contributed by atoms with E-state index in [-0.39, 0.29) is 7.12 Å². The lowest BCUT2D eigenvalue weighted by molar-refractivity contribution is 0.511. The molecule has 1 aromatic rings. The molecule has 0 bridgehead atoms. The van der Waals surface area contributed by atoms with Crippen LogP contribution in [0.1, 0.15) is 27.7 Å². The number of hydrogen-bond donors (Lipinski definition) is 0. The number of allylic oxidation sites excluding steroid dienone is 6. The number of hydrogen-bond acceptors (Lipinski definition) is 2. The molecule has 1 heterocycles. The number of fused-ring (bicyclic) bond motifs is 1. The highest BCUT2D eigenvalue weighted by atomic mass is 16.6. The molecule has 0 saturated heterocycles. The van der Waals surface area contributed by atoms with E-state index in [4.69, 9.17) is 9.31 Å². The third kappa shape index (κ3) is 3.31. The first-order chi connectivity index (χ1) is 9.10. The summed E-state index contributed by atoms with van der Waals surface area (Å²) >= 11 is 0. The predicted octanol–water partition coefficient (Wildman–Crippen LogP) is 4.34. The van der Waals surface area contributed by atoms with Crippen LogP contribution >= 0.6 is 0 Å². The van der Waals surface area contributed by atoms with Crippen LogP contribution in [0.5, 0.6) is 11.5 Å². The van der Waals surface area contributed by atoms with E-state index in [1.165, 1.54) is 11.1 Å². The van der Waals surface area contributed by atoms with Gasteiger partial charge in [-0.15, -0.1) is 0 Å². The lowest BCUT2D eigenvalue weighted by Gasteiger charge is -2.05. The molecule has 0 atom stereocenters. The van der Waals surface area contributed by atoms with Crippen molar-refractivity contribution in [2.75, 3.05) is 0 Å². The molecule has 2 rings (SSSR count). The fraction of sp³-hybridized carbons (Fsp3) is 0.250. The van der Waals surface area contributed by atoms with Gasteiger partial charge < -0.3 is 9.31 Å². The fourth-order valence-electron chi connectivity index (χ4n) is 2.00. The van der Waals surface area contributed by atoms with E-state index >= 15 is 0 Å². The summed E-state index contributed by atoms with van der Waals surface area (Å²) in [5.74, 6) is 1.62. The normalized spacial score (nSPS) is 16.0. The quantitative estimate of drug-likeness (QED) is 0.590. The van der Waals surface area contributed by atoms with E-state index in [9.17, 15) is 0 Å². The van der Waals surface area contributed by atoms with Gasteiger partial charge in [-0.1, -0.05) is 41.5 Å². The second-order valence-electron chi connectivity index (χ2n) is 4.82. The lowest BCUT2D eigenvalue weighted by atomic mass is 9.78. The van der Waals surface area contributed by atoms with E-state index in [0.29, 0.717) is 0 Å². The zero-order valence-corrected chi connectivity index (χ0v) is 11.9. The highest BCUT2D eigenvalue weighted by Gasteiger charge is 2.33. The Kier molecular flexibility index (Phi) is 4.15. The summed E-state index contributed by atoms with van der Waals surface area (Å²) in [6, 6.07) is 7.75. The second-order valence-corrected chi connectivity index (χ2v) is 4.82. The van der Waals surface area contributed by atoms with Gasteiger partial charge in [-0.2, -0.15) is 0 Å². The minimum Gasteiger partial charge on any atom is -0.519 e. The minimum absolute atomic E-state index is 0.313. The maximum atomic E-state index is 5.77. The Hall–Kier alpha value is -1.90. The van der Waals surface area contributed by atoms with Gasteiger partial charge >= 0.3 is 7.12 Å². The molecule has 0 aromatic heterocycles. The third-order valence-electron chi connectivity index (χ3n) is 3.05. The summed E-state index contributed by atoms with van der Waals surface area (Å²) in [6.45, 7) is 8.23. The Balaban J connectivity index is 2.11. The molecule has 2 nitrogen and oxygen atoms in total. The van der Waals surface area contributed by atoms with Crippen molar-refractivity contribution in [3.63, 3.8) is 0 Å². The summed E-state index contributed by atoms with van der Waals surface area (Å²) in [6.07, 6.45) is 6.33. The van der Waals surface area contributed by atoms with Gasteiger partial charge in [0.25, 0.3) is 0 Å². The smallest absolute Gasteiger partial charge is 0.519 e. The van der Waals surface area contributed by atoms with Gasteiger partial charge in [0.05, 0.1) is 0 Å². The molecule has 0 aliphatic carbocycles. The number of para-hydroxylation sites is 2. The third-order valence-corrected chi connectivity index (χ3v) is 3.05. The van der Waals surface area contributed by atoms with Crippen molar-refractivity contribution < 1.29 is 9.31 Å². The molecule has 1 aliphatic rings. The molecule has 1 aromatic carbocycles. The Bertz CT molecular complexity index is 531. The van der Waals surface area contributed by atoms with Crippen LogP contribution in [0.3, 0.4) is 0 Å². The van der Waals surface area contributed by atoms with Gasteiger partial charge in [0, 0.05) is 0 Å². The van der Waals surface area contributed by atoms with E-state index < -0.39 is 0 Å². The van der Waals surface area contributed by atoms with E-state index in [0.717, 1.165) is 17.0 Å². The molecular weight excluding hydrogens is 235 g/mol. The van der Waals surface area contributed by atoms with Crippen LogP contribution in [0.25, 0.3) is 0 Å². The summed E-state index contributed by atoms with van der Waals surface area (Å²) < 4.78 is 11.5. The molecule has 0 fully saturated rings. The molecule has 0 radical (unpaired) electrons. The van der Waals surface area contributed by atoms with Gasteiger partial charge in [0.15, 0.2) is 0 Å². The van der Waals surface area contributed by atoms with Crippen LogP contribution in [0.4, 0.5) is 0 Å². The lowest BCUT2D eigenvalue weighted by Crippen LogP contribution is -2.26. The first-order valence-corrected chi connectivity index (χ1v) is 6.52. The molecule has 0 spiro atoms. The average Bonchev–Trinajstić information content (AvgIpc) is 2.82. The second kappa shape index (κ2) is 5.83. The number of benzene rings is 1. The van der Waals surface area contributed by atoms with Crippen molar-refractivity contribution in [3.8, 4) is 11.5 Å². The number of rotatable bonds is 3. The predicted molar refractivity (Wildman–Crippen MR) is 80.4 cm³/mol. The van der Waals surface area contributed by atoms with Crippen molar-refractivity contribution in [2.45, 2.75) is 27.7 Å². The molecular formula is C16H19BO2. The Morgan fingerprint density at radius 2 is 1.53 bits per heavy atom. The summed E-state index contributed by atoms with van der Waals surface area (Å²) in [5.41, 5.74) is 3.50. The first kappa shape index (κ1) is 13.5. The van der Waals surface area contributed by atoms with E-state index in [1.54, 1.807) is 0 Å². The highest BCUT2D eigenvalue weighted by Crippen LogP contribution is 2.34. The topological polar surface area (TPSA) is 18.5 Å². The Morgan fingerprint density at radius 1 is 0.947 bits per heavy atom. The van der Waals surface area contributed by atoms with E-state index in [1.807, 2.05) is 38.1 Å². The van der Waals surface area contributed by atoms with Gasteiger partial charge in [-0.25, -0.2) is 0 Å². The van der Waals surface area contributed by atoms with Gasteiger partial charge in [-0.05, 0) is 45.3 Å². The van der Waals surface area contributed by atoms with Crippen LogP contribution in [-0.4, -0.2) is 7.12 Å². The molecule has 0 saturated carbocycles. The Labute approximate surface area is 115 Å². The first-order valence-electron chi connectivity index (χ1n) is 6.52. The zero-order chi connectivity index (χ0) is 13.8. The summed E-state index contributed by atoms with van der Waals surface area (Å²) in [5, 5.41) is 0. The van der Waals surface area contributed by atoms with Crippen molar-refractivity contribution in [1.82, 2.24) is 0 Å². The fourth-order valence-corrected chi connectivity index (χ4v) is 2.00. The molecule has 1 aliphatic heterocycles. The standard InChI is InChI=1S/C16H19BO2/c1-5-12(2)10-13(3)11-14(4)17-18-15-8-6-7-9-16(15)19-17/h5-11H,1-4H3/b12-5+,13-10+,14-11-. The molecule has 19 heavy (non-hydrogen) atoms. The average molecular weight is 254 g/mol. The zero-order valence-electron chi connectivity index (χ0n) is 11.9. The molecule has 3 heteroatoms. The monoisotopic (exact) mass is 254 g/mol. The maximum Gasteiger partial charge on any atom is 0.628 e. The Morgan fingerprint density at radius 3 is 2.05 bits per heavy atom. The SMILES string of the molecule is C/C=C(C)/C=C(C)/C=C(/C)B1Oc2ccccc2O1. The van der Waals surface area contributed by atoms with Crippen molar-refractivity contribution in [3.05, 3.63) is 59.1 Å². The molecule has 0 unspecified atom stereocenters. The molecule has 98 valence electrons. The maximum absolute atomic E-state index is 5.77. The minimum atomic E-state index is -0.313. The van der Waals surface area contributed by atoms with Crippen LogP contribution in [0.2, 0.25) is 0 Å². The van der Waals surface area contributed by atoms with Gasteiger partial charge in [0.1, 0.15) is 11.5 Å². The molecule has 0 amide bonds. The summed E-state index contributed by atoms with van der Waals surface area (Å²) in [7, 11) is -0.313. The van der Waals surface area contributed by atoms with Crippen molar-refractivity contribution >= 4 is 7.12 Å². The van der Waals surface area contributed by atoms with Crippen LogP contribution in [-0.2, 0) is 0 Å².